The summed E-state index contributed by atoms with van der Waals surface area (Å²) in [6.45, 7) is 0. The molecule has 0 N–H and O–H groups in total. The van der Waals surface area contributed by atoms with Crippen molar-refractivity contribution in [2.24, 2.45) is 47.3 Å². The molecule has 7 saturated carbocycles. The zero-order valence-corrected chi connectivity index (χ0v) is 27.0. The van der Waals surface area contributed by atoms with Gasteiger partial charge in [-0.05, 0) is 131 Å². The summed E-state index contributed by atoms with van der Waals surface area (Å²) in [5.41, 5.74) is 0. The zero-order valence-electron chi connectivity index (χ0n) is 26.2. The van der Waals surface area contributed by atoms with E-state index in [1.54, 1.807) is 38.5 Å². The Balaban J connectivity index is 0.995. The van der Waals surface area contributed by atoms with Gasteiger partial charge in [-0.2, -0.15) is 11.8 Å². The van der Waals surface area contributed by atoms with Crippen LogP contribution >= 0.6 is 11.8 Å². The van der Waals surface area contributed by atoms with Gasteiger partial charge in [-0.15, -0.1) is 0 Å². The van der Waals surface area contributed by atoms with Gasteiger partial charge in [0, 0.05) is 34.5 Å². The van der Waals surface area contributed by atoms with E-state index in [4.69, 9.17) is 4.74 Å². The molecule has 2 nitrogen and oxygen atoms in total. The minimum atomic E-state index is 0.568. The number of fused-ring (bicyclic) bond motifs is 10. The Hall–Kier alpha value is 0.270. The standard InChI is InChI=1S/C38H61NOS/c1-2-10-26(11-3-1)39(27-20-19-25-18-17-24-9-4-5-12-28(24)32(25)23-27)33-15-8-14-29-30-21-22-35-36(38(30)40-37(29)33)31-13-6-7-16-34(31)41-35/h24-38H,1-23H2. The summed E-state index contributed by atoms with van der Waals surface area (Å²) in [7, 11) is 0. The van der Waals surface area contributed by atoms with Gasteiger partial charge in [0.1, 0.15) is 0 Å². The Kier molecular flexibility index (Phi) is 7.78. The van der Waals surface area contributed by atoms with Gasteiger partial charge in [0.05, 0.1) is 12.2 Å². The highest BCUT2D eigenvalue weighted by molar-refractivity contribution is 8.00. The fraction of sp³-hybridized carbons (Fsp3) is 1.00. The molecule has 0 spiro atoms. The van der Waals surface area contributed by atoms with E-state index < -0.39 is 0 Å². The number of thioether (sulfide) groups is 1. The zero-order chi connectivity index (χ0) is 26.9. The van der Waals surface area contributed by atoms with Crippen LogP contribution in [0.1, 0.15) is 148 Å². The molecule has 14 atom stereocenters. The van der Waals surface area contributed by atoms with E-state index in [-0.39, 0.29) is 0 Å². The molecule has 14 unspecified atom stereocenters. The van der Waals surface area contributed by atoms with Crippen molar-refractivity contribution < 1.29 is 4.74 Å². The Bertz CT molecular complexity index is 918. The second-order valence-corrected chi connectivity index (χ2v) is 18.6. The molecule has 2 aliphatic heterocycles. The van der Waals surface area contributed by atoms with Crippen molar-refractivity contribution >= 4 is 11.8 Å². The lowest BCUT2D eigenvalue weighted by Crippen LogP contribution is -2.59. The molecule has 41 heavy (non-hydrogen) atoms. The highest BCUT2D eigenvalue weighted by atomic mass is 32.2. The first kappa shape index (κ1) is 27.6. The van der Waals surface area contributed by atoms with Crippen molar-refractivity contribution in [2.45, 2.75) is 189 Å². The van der Waals surface area contributed by atoms with Gasteiger partial charge in [-0.3, -0.25) is 4.90 Å². The van der Waals surface area contributed by atoms with Crippen LogP contribution < -0.4 is 0 Å². The summed E-state index contributed by atoms with van der Waals surface area (Å²) in [5, 5.41) is 1.91. The molecule has 0 amide bonds. The molecule has 2 heterocycles. The van der Waals surface area contributed by atoms with E-state index in [2.05, 4.69) is 16.7 Å². The van der Waals surface area contributed by atoms with E-state index >= 15 is 0 Å². The van der Waals surface area contributed by atoms with Gasteiger partial charge >= 0.3 is 0 Å². The van der Waals surface area contributed by atoms with Gasteiger partial charge in [0.15, 0.2) is 0 Å². The van der Waals surface area contributed by atoms with E-state index in [1.807, 2.05) is 0 Å². The molecule has 0 bridgehead atoms. The molecule has 0 aromatic rings. The van der Waals surface area contributed by atoms with Gasteiger partial charge in [-0.25, -0.2) is 0 Å². The van der Waals surface area contributed by atoms with Crippen molar-refractivity contribution in [3.8, 4) is 0 Å². The van der Waals surface area contributed by atoms with Crippen molar-refractivity contribution in [3.63, 3.8) is 0 Å². The van der Waals surface area contributed by atoms with E-state index in [0.29, 0.717) is 12.2 Å². The van der Waals surface area contributed by atoms with Gasteiger partial charge in [0.25, 0.3) is 0 Å². The lowest BCUT2D eigenvalue weighted by Gasteiger charge is -2.55. The SMILES string of the molecule is C1CCC(N(C2CCC3CCC4CCCCC4C3C2)C2CCCC3C4CCC5SC6CCCCC6C5C4OC32)CC1. The van der Waals surface area contributed by atoms with Crippen molar-refractivity contribution in [2.75, 3.05) is 0 Å². The highest BCUT2D eigenvalue weighted by Gasteiger charge is 2.60. The third-order valence-electron chi connectivity index (χ3n) is 15.6. The predicted octanol–water partition coefficient (Wildman–Crippen LogP) is 9.64. The predicted molar refractivity (Wildman–Crippen MR) is 171 cm³/mol. The Labute approximate surface area is 256 Å². The van der Waals surface area contributed by atoms with Crippen molar-refractivity contribution in [3.05, 3.63) is 0 Å². The number of hydrogen-bond acceptors (Lipinski definition) is 3. The molecule has 9 rings (SSSR count). The summed E-state index contributed by atoms with van der Waals surface area (Å²) in [5.74, 6) is 7.98. The quantitative estimate of drug-likeness (QED) is 0.330. The summed E-state index contributed by atoms with van der Waals surface area (Å²) >= 11 is 2.44. The molecule has 3 heteroatoms. The number of ether oxygens (including phenoxy) is 1. The maximum absolute atomic E-state index is 7.64. The monoisotopic (exact) mass is 579 g/mol. The number of rotatable bonds is 3. The first-order valence-electron chi connectivity index (χ1n) is 19.4. The van der Waals surface area contributed by atoms with E-state index in [1.165, 1.54) is 109 Å². The highest BCUT2D eigenvalue weighted by Crippen LogP contribution is 2.61. The Morgan fingerprint density at radius 2 is 1.15 bits per heavy atom. The molecule has 2 saturated heterocycles. The molecule has 9 fully saturated rings. The first-order chi connectivity index (χ1) is 20.3. The van der Waals surface area contributed by atoms with Gasteiger partial charge in [-0.1, -0.05) is 57.8 Å². The summed E-state index contributed by atoms with van der Waals surface area (Å²) in [4.78, 5) is 3.31. The fourth-order valence-electron chi connectivity index (χ4n) is 14.0. The molecule has 0 aromatic heterocycles. The summed E-state index contributed by atoms with van der Waals surface area (Å²) in [6, 6.07) is 2.47. The average Bonchev–Trinajstić information content (AvgIpc) is 3.60. The maximum Gasteiger partial charge on any atom is 0.0766 e. The normalized spacial score (nSPS) is 53.5. The Morgan fingerprint density at radius 1 is 0.439 bits per heavy atom. The molecule has 230 valence electrons. The number of nitrogens with zero attached hydrogens (tertiary/aromatic N) is 1. The topological polar surface area (TPSA) is 12.5 Å². The van der Waals surface area contributed by atoms with Crippen LogP contribution in [-0.4, -0.2) is 45.7 Å². The van der Waals surface area contributed by atoms with Crippen LogP contribution in [0, 0.1) is 47.3 Å². The lowest BCUT2D eigenvalue weighted by molar-refractivity contribution is -0.105. The maximum atomic E-state index is 7.64. The van der Waals surface area contributed by atoms with E-state index in [0.717, 1.165) is 76.0 Å². The molecular weight excluding hydrogens is 518 g/mol. The van der Waals surface area contributed by atoms with Crippen LogP contribution in [0.5, 0.6) is 0 Å². The molecule has 0 aromatic carbocycles. The molecule has 0 radical (unpaired) electrons. The van der Waals surface area contributed by atoms with Crippen molar-refractivity contribution in [1.82, 2.24) is 4.90 Å². The Morgan fingerprint density at radius 3 is 2.05 bits per heavy atom. The third-order valence-corrected chi connectivity index (χ3v) is 17.4. The second-order valence-electron chi connectivity index (χ2n) is 17.1. The average molecular weight is 580 g/mol. The van der Waals surface area contributed by atoms with Crippen LogP contribution in [0.15, 0.2) is 0 Å². The first-order valence-corrected chi connectivity index (χ1v) is 20.4. The molecule has 9 aliphatic rings. The van der Waals surface area contributed by atoms with Gasteiger partial charge < -0.3 is 4.74 Å². The smallest absolute Gasteiger partial charge is 0.0766 e. The van der Waals surface area contributed by atoms with Crippen molar-refractivity contribution in [1.29, 1.82) is 0 Å². The fourth-order valence-corrected chi connectivity index (χ4v) is 16.1. The lowest BCUT2D eigenvalue weighted by atomic mass is 9.57. The van der Waals surface area contributed by atoms with Gasteiger partial charge in [0.2, 0.25) is 0 Å². The molecular formula is C38H61NOS. The summed E-state index contributed by atoms with van der Waals surface area (Å²) < 4.78 is 7.64. The summed E-state index contributed by atoms with van der Waals surface area (Å²) in [6.07, 6.45) is 36.1. The minimum Gasteiger partial charge on any atom is -0.372 e. The van der Waals surface area contributed by atoms with Crippen LogP contribution in [0.3, 0.4) is 0 Å². The minimum absolute atomic E-state index is 0.568. The van der Waals surface area contributed by atoms with Crippen LogP contribution in [-0.2, 0) is 4.74 Å². The largest absolute Gasteiger partial charge is 0.372 e. The van der Waals surface area contributed by atoms with Crippen LogP contribution in [0.25, 0.3) is 0 Å². The second kappa shape index (κ2) is 11.6. The third kappa shape index (κ3) is 4.76. The van der Waals surface area contributed by atoms with Crippen LogP contribution in [0.4, 0.5) is 0 Å². The van der Waals surface area contributed by atoms with E-state index in [9.17, 15) is 0 Å². The van der Waals surface area contributed by atoms with Crippen LogP contribution in [0.2, 0.25) is 0 Å². The molecule has 7 aliphatic carbocycles. The number of hydrogen-bond donors (Lipinski definition) is 0.